The second kappa shape index (κ2) is 5.70. The third-order valence-electron chi connectivity index (χ3n) is 3.32. The number of carbonyl (C=O) groups is 2. The number of carbonyl (C=O) groups excluding carboxylic acids is 2. The van der Waals surface area contributed by atoms with Gasteiger partial charge in [-0.1, -0.05) is 18.7 Å². The Kier molecular flexibility index (Phi) is 4.11. The summed E-state index contributed by atoms with van der Waals surface area (Å²) in [5, 5.41) is 4.85. The Morgan fingerprint density at radius 1 is 1.27 bits per heavy atom. The summed E-state index contributed by atoms with van der Waals surface area (Å²) in [4.78, 5) is 23.4. The van der Waals surface area contributed by atoms with E-state index < -0.39 is 35.7 Å². The number of hydrogen-bond donors (Lipinski definition) is 2. The van der Waals surface area contributed by atoms with Crippen LogP contribution in [-0.4, -0.2) is 19.1 Å². The van der Waals surface area contributed by atoms with Gasteiger partial charge in [0, 0.05) is 5.70 Å². The van der Waals surface area contributed by atoms with Gasteiger partial charge in [-0.05, 0) is 17.7 Å². The molecule has 2 amide bonds. The second-order valence-corrected chi connectivity index (χ2v) is 4.72. The van der Waals surface area contributed by atoms with Crippen molar-refractivity contribution < 1.29 is 27.5 Å². The quantitative estimate of drug-likeness (QED) is 0.824. The molecule has 1 saturated heterocycles. The smallest absolute Gasteiger partial charge is 0.416 e. The van der Waals surface area contributed by atoms with Crippen LogP contribution in [0.25, 0.3) is 0 Å². The van der Waals surface area contributed by atoms with Crippen molar-refractivity contribution in [2.45, 2.75) is 12.2 Å². The van der Waals surface area contributed by atoms with Crippen molar-refractivity contribution in [2.75, 3.05) is 7.11 Å². The van der Waals surface area contributed by atoms with Crippen molar-refractivity contribution in [2.24, 2.45) is 5.92 Å². The predicted molar refractivity (Wildman–Crippen MR) is 70.5 cm³/mol. The van der Waals surface area contributed by atoms with Crippen molar-refractivity contribution in [1.29, 1.82) is 0 Å². The van der Waals surface area contributed by atoms with Crippen LogP contribution in [0, 0.1) is 5.92 Å². The number of hydrogen-bond acceptors (Lipinski definition) is 3. The number of amides is 2. The molecule has 118 valence electrons. The number of esters is 1. The number of ether oxygens (including phenoxy) is 1. The standard InChI is InChI=1S/C14H13F3N2O3/c1-7-10(12(20)22-2)11(19-13(21)18-7)8-3-5-9(6-4-8)14(15,16)17/h3-6,10-11H,1H2,2H3,(H2,18,19,21)/t10-,11+/m1/s1. The Morgan fingerprint density at radius 2 is 1.86 bits per heavy atom. The van der Waals surface area contributed by atoms with Crippen LogP contribution in [0.5, 0.6) is 0 Å². The molecule has 1 aliphatic rings. The molecule has 0 bridgehead atoms. The number of alkyl halides is 3. The van der Waals surface area contributed by atoms with Gasteiger partial charge >= 0.3 is 18.2 Å². The zero-order valence-corrected chi connectivity index (χ0v) is 11.5. The summed E-state index contributed by atoms with van der Waals surface area (Å²) in [5.74, 6) is -1.58. The minimum Gasteiger partial charge on any atom is -0.468 e. The fraction of sp³-hybridized carbons (Fsp3) is 0.286. The van der Waals surface area contributed by atoms with Crippen LogP contribution in [-0.2, 0) is 15.7 Å². The molecule has 5 nitrogen and oxygen atoms in total. The van der Waals surface area contributed by atoms with E-state index in [9.17, 15) is 22.8 Å². The van der Waals surface area contributed by atoms with Crippen molar-refractivity contribution in [3.63, 3.8) is 0 Å². The van der Waals surface area contributed by atoms with Gasteiger partial charge in [0.15, 0.2) is 0 Å². The normalized spacial score (nSPS) is 21.8. The van der Waals surface area contributed by atoms with E-state index in [0.717, 1.165) is 12.1 Å². The van der Waals surface area contributed by atoms with E-state index in [2.05, 4.69) is 21.9 Å². The highest BCUT2D eigenvalue weighted by Crippen LogP contribution is 2.33. The van der Waals surface area contributed by atoms with Crippen molar-refractivity contribution in [3.05, 3.63) is 47.7 Å². The summed E-state index contributed by atoms with van der Waals surface area (Å²) in [6.07, 6.45) is -4.46. The number of nitrogens with one attached hydrogen (secondary N) is 2. The van der Waals surface area contributed by atoms with Gasteiger partial charge in [-0.15, -0.1) is 0 Å². The Labute approximate surface area is 124 Å². The zero-order chi connectivity index (χ0) is 16.5. The van der Waals surface area contributed by atoms with Crippen LogP contribution in [0.4, 0.5) is 18.0 Å². The lowest BCUT2D eigenvalue weighted by Gasteiger charge is -2.33. The molecule has 1 aromatic carbocycles. The Hall–Kier alpha value is -2.51. The van der Waals surface area contributed by atoms with E-state index in [1.807, 2.05) is 0 Å². The molecule has 0 unspecified atom stereocenters. The van der Waals surface area contributed by atoms with Crippen LogP contribution in [0.1, 0.15) is 17.2 Å². The maximum absolute atomic E-state index is 12.6. The number of benzene rings is 1. The van der Waals surface area contributed by atoms with Gasteiger partial charge in [-0.2, -0.15) is 13.2 Å². The van der Waals surface area contributed by atoms with Gasteiger partial charge in [0.2, 0.25) is 0 Å². The van der Waals surface area contributed by atoms with Gasteiger partial charge in [-0.3, -0.25) is 4.79 Å². The topological polar surface area (TPSA) is 67.4 Å². The van der Waals surface area contributed by atoms with Crippen LogP contribution >= 0.6 is 0 Å². The molecule has 2 atom stereocenters. The first-order chi connectivity index (χ1) is 10.2. The first kappa shape index (κ1) is 15.9. The minimum atomic E-state index is -4.46. The molecular weight excluding hydrogens is 301 g/mol. The van der Waals surface area contributed by atoms with Crippen molar-refractivity contribution in [1.82, 2.24) is 10.6 Å². The molecule has 0 aliphatic carbocycles. The van der Waals surface area contributed by atoms with Gasteiger partial charge < -0.3 is 15.4 Å². The number of halogens is 3. The number of urea groups is 1. The Bertz CT molecular complexity index is 611. The summed E-state index contributed by atoms with van der Waals surface area (Å²) in [7, 11) is 1.18. The average molecular weight is 314 g/mol. The van der Waals surface area contributed by atoms with E-state index >= 15 is 0 Å². The third-order valence-corrected chi connectivity index (χ3v) is 3.32. The average Bonchev–Trinajstić information content (AvgIpc) is 2.45. The van der Waals surface area contributed by atoms with Crippen LogP contribution < -0.4 is 10.6 Å². The number of methoxy groups -OCH3 is 1. The summed E-state index contributed by atoms with van der Waals surface area (Å²) in [6.45, 7) is 3.59. The first-order valence-electron chi connectivity index (χ1n) is 6.25. The molecule has 0 aromatic heterocycles. The van der Waals surface area contributed by atoms with E-state index in [4.69, 9.17) is 0 Å². The molecule has 0 spiro atoms. The molecule has 22 heavy (non-hydrogen) atoms. The van der Waals surface area contributed by atoms with Gasteiger partial charge in [0.25, 0.3) is 0 Å². The largest absolute Gasteiger partial charge is 0.468 e. The fourth-order valence-electron chi connectivity index (χ4n) is 2.25. The van der Waals surface area contributed by atoms with E-state index in [1.54, 1.807) is 0 Å². The molecule has 2 rings (SSSR count). The fourth-order valence-corrected chi connectivity index (χ4v) is 2.25. The van der Waals surface area contributed by atoms with Crippen LogP contribution in [0.2, 0.25) is 0 Å². The molecular formula is C14H13F3N2O3. The highest BCUT2D eigenvalue weighted by Gasteiger charge is 2.39. The third kappa shape index (κ3) is 3.05. The number of rotatable bonds is 2. The van der Waals surface area contributed by atoms with Crippen molar-refractivity contribution in [3.8, 4) is 0 Å². The maximum Gasteiger partial charge on any atom is 0.416 e. The molecule has 1 aromatic rings. The lowest BCUT2D eigenvalue weighted by Crippen LogP contribution is -2.51. The predicted octanol–water partition coefficient (Wildman–Crippen LogP) is 2.36. The molecule has 1 aliphatic heterocycles. The Balaban J connectivity index is 2.36. The van der Waals surface area contributed by atoms with Gasteiger partial charge in [0.05, 0.1) is 18.7 Å². The SMILES string of the molecule is C=C1NC(=O)N[C@@H](c2ccc(C(F)(F)F)cc2)[C@@H]1C(=O)OC. The molecule has 1 fully saturated rings. The molecule has 0 radical (unpaired) electrons. The summed E-state index contributed by atoms with van der Waals surface area (Å²) < 4.78 is 42.4. The summed E-state index contributed by atoms with van der Waals surface area (Å²) in [6, 6.07) is 2.76. The van der Waals surface area contributed by atoms with Gasteiger partial charge in [-0.25, -0.2) is 4.79 Å². The van der Waals surface area contributed by atoms with E-state index in [-0.39, 0.29) is 5.70 Å². The van der Waals surface area contributed by atoms with Gasteiger partial charge in [0.1, 0.15) is 5.92 Å². The first-order valence-corrected chi connectivity index (χ1v) is 6.25. The molecule has 2 N–H and O–H groups in total. The second-order valence-electron chi connectivity index (χ2n) is 4.72. The highest BCUT2D eigenvalue weighted by molar-refractivity contribution is 5.85. The highest BCUT2D eigenvalue weighted by atomic mass is 19.4. The van der Waals surface area contributed by atoms with Crippen LogP contribution in [0.15, 0.2) is 36.5 Å². The summed E-state index contributed by atoms with van der Waals surface area (Å²) in [5.41, 5.74) is -0.343. The lowest BCUT2D eigenvalue weighted by molar-refractivity contribution is -0.145. The molecule has 1 heterocycles. The lowest BCUT2D eigenvalue weighted by atomic mass is 9.88. The monoisotopic (exact) mass is 314 g/mol. The Morgan fingerprint density at radius 3 is 2.36 bits per heavy atom. The van der Waals surface area contributed by atoms with Crippen LogP contribution in [0.3, 0.4) is 0 Å². The van der Waals surface area contributed by atoms with Crippen molar-refractivity contribution >= 4 is 12.0 Å². The molecule has 0 saturated carbocycles. The van der Waals surface area contributed by atoms with E-state index in [0.29, 0.717) is 5.56 Å². The maximum atomic E-state index is 12.6. The summed E-state index contributed by atoms with van der Waals surface area (Å²) >= 11 is 0. The zero-order valence-electron chi connectivity index (χ0n) is 11.5. The van der Waals surface area contributed by atoms with E-state index in [1.165, 1.54) is 19.2 Å². The minimum absolute atomic E-state index is 0.125. The molecule has 8 heteroatoms.